The van der Waals surface area contributed by atoms with Gasteiger partial charge in [0.15, 0.2) is 0 Å². The highest BCUT2D eigenvalue weighted by Gasteiger charge is 2.34. The van der Waals surface area contributed by atoms with Crippen LogP contribution in [0, 0.1) is 17.8 Å². The molecule has 0 aliphatic heterocycles. The summed E-state index contributed by atoms with van der Waals surface area (Å²) in [5, 5.41) is 0. The van der Waals surface area contributed by atoms with Crippen molar-refractivity contribution in [3.05, 3.63) is 0 Å². The van der Waals surface area contributed by atoms with Crippen molar-refractivity contribution in [1.29, 1.82) is 0 Å². The Morgan fingerprint density at radius 2 is 1.29 bits per heavy atom. The standard InChI is InChI=1S/C27H48O4/c1-22(2)15-10-7-5-3-4-6-8-13-20-30-26(28)23-16-14-17-24(21-23)27(29)31-25-18-11-9-12-19-25/h22-25H,3-21H2,1-2H3. The monoisotopic (exact) mass is 436 g/mol. The lowest BCUT2D eigenvalue weighted by atomic mass is 9.81. The van der Waals surface area contributed by atoms with Crippen molar-refractivity contribution in [2.24, 2.45) is 17.8 Å². The van der Waals surface area contributed by atoms with E-state index in [1.807, 2.05) is 0 Å². The van der Waals surface area contributed by atoms with Crippen molar-refractivity contribution in [1.82, 2.24) is 0 Å². The van der Waals surface area contributed by atoms with Gasteiger partial charge in [-0.3, -0.25) is 9.59 Å². The van der Waals surface area contributed by atoms with E-state index in [9.17, 15) is 9.59 Å². The van der Waals surface area contributed by atoms with Crippen LogP contribution in [0.2, 0.25) is 0 Å². The molecule has 2 atom stereocenters. The Labute approximate surface area is 191 Å². The van der Waals surface area contributed by atoms with Crippen molar-refractivity contribution in [2.75, 3.05) is 6.61 Å². The molecule has 0 aromatic carbocycles. The molecule has 31 heavy (non-hydrogen) atoms. The van der Waals surface area contributed by atoms with Crippen LogP contribution in [0.25, 0.3) is 0 Å². The van der Waals surface area contributed by atoms with Crippen molar-refractivity contribution in [3.8, 4) is 0 Å². The molecule has 2 fully saturated rings. The van der Waals surface area contributed by atoms with Crippen molar-refractivity contribution >= 4 is 11.9 Å². The van der Waals surface area contributed by atoms with Crippen LogP contribution in [0.3, 0.4) is 0 Å². The van der Waals surface area contributed by atoms with Crippen LogP contribution < -0.4 is 0 Å². The van der Waals surface area contributed by atoms with Gasteiger partial charge in [-0.05, 0) is 57.3 Å². The largest absolute Gasteiger partial charge is 0.465 e. The molecule has 0 N–H and O–H groups in total. The number of hydrogen-bond donors (Lipinski definition) is 0. The van der Waals surface area contributed by atoms with E-state index in [2.05, 4.69) is 13.8 Å². The van der Waals surface area contributed by atoms with E-state index >= 15 is 0 Å². The third-order valence-corrected chi connectivity index (χ3v) is 7.10. The van der Waals surface area contributed by atoms with Gasteiger partial charge in [0.2, 0.25) is 0 Å². The number of carbonyl (C=O) groups excluding carboxylic acids is 2. The molecule has 4 heteroatoms. The van der Waals surface area contributed by atoms with Gasteiger partial charge in [-0.1, -0.05) is 78.1 Å². The topological polar surface area (TPSA) is 52.6 Å². The minimum absolute atomic E-state index is 0.0754. The van der Waals surface area contributed by atoms with Gasteiger partial charge >= 0.3 is 11.9 Å². The van der Waals surface area contributed by atoms with Crippen molar-refractivity contribution in [2.45, 2.75) is 136 Å². The van der Waals surface area contributed by atoms with E-state index in [0.717, 1.165) is 63.7 Å². The average Bonchev–Trinajstić information content (AvgIpc) is 2.78. The minimum Gasteiger partial charge on any atom is -0.465 e. The number of esters is 2. The first-order valence-electron chi connectivity index (χ1n) is 13.4. The molecule has 0 amide bonds. The zero-order chi connectivity index (χ0) is 22.3. The van der Waals surface area contributed by atoms with E-state index < -0.39 is 0 Å². The van der Waals surface area contributed by atoms with Gasteiger partial charge in [0, 0.05) is 0 Å². The first-order valence-corrected chi connectivity index (χ1v) is 13.4. The highest BCUT2D eigenvalue weighted by atomic mass is 16.5. The molecule has 0 aromatic heterocycles. The van der Waals surface area contributed by atoms with Crippen LogP contribution in [-0.2, 0) is 19.1 Å². The molecule has 2 unspecified atom stereocenters. The summed E-state index contributed by atoms with van der Waals surface area (Å²) < 4.78 is 11.3. The second kappa shape index (κ2) is 15.7. The molecule has 180 valence electrons. The van der Waals surface area contributed by atoms with Gasteiger partial charge in [0.05, 0.1) is 18.4 Å². The molecule has 0 radical (unpaired) electrons. The van der Waals surface area contributed by atoms with Gasteiger partial charge in [0.25, 0.3) is 0 Å². The number of carbonyl (C=O) groups is 2. The minimum atomic E-state index is -0.122. The van der Waals surface area contributed by atoms with Gasteiger partial charge < -0.3 is 9.47 Å². The maximum absolute atomic E-state index is 12.5. The lowest BCUT2D eigenvalue weighted by molar-refractivity contribution is -0.159. The molecule has 4 nitrogen and oxygen atoms in total. The Morgan fingerprint density at radius 3 is 1.94 bits per heavy atom. The summed E-state index contributed by atoms with van der Waals surface area (Å²) in [5.74, 6) is 0.420. The van der Waals surface area contributed by atoms with Gasteiger partial charge in [-0.25, -0.2) is 0 Å². The third-order valence-electron chi connectivity index (χ3n) is 7.10. The molecule has 0 bridgehead atoms. The molecule has 2 rings (SSSR count). The lowest BCUT2D eigenvalue weighted by Gasteiger charge is -2.29. The van der Waals surface area contributed by atoms with Crippen LogP contribution in [0.1, 0.15) is 129 Å². The maximum atomic E-state index is 12.5. The highest BCUT2D eigenvalue weighted by molar-refractivity contribution is 5.76. The number of unbranched alkanes of at least 4 members (excludes halogenated alkanes) is 7. The Morgan fingerprint density at radius 1 is 0.710 bits per heavy atom. The second-order valence-electron chi connectivity index (χ2n) is 10.4. The summed E-state index contributed by atoms with van der Waals surface area (Å²) in [6.07, 6.45) is 20.3. The predicted molar refractivity (Wildman–Crippen MR) is 126 cm³/mol. The number of rotatable bonds is 14. The second-order valence-corrected chi connectivity index (χ2v) is 10.4. The van der Waals surface area contributed by atoms with Crippen LogP contribution in [0.4, 0.5) is 0 Å². The fourth-order valence-electron chi connectivity index (χ4n) is 5.07. The third kappa shape index (κ3) is 11.4. The molecule has 0 saturated heterocycles. The van der Waals surface area contributed by atoms with Gasteiger partial charge in [0.1, 0.15) is 6.10 Å². The zero-order valence-electron chi connectivity index (χ0n) is 20.4. The maximum Gasteiger partial charge on any atom is 0.309 e. The molecular weight excluding hydrogens is 388 g/mol. The van der Waals surface area contributed by atoms with Gasteiger partial charge in [-0.2, -0.15) is 0 Å². The molecule has 0 heterocycles. The quantitative estimate of drug-likeness (QED) is 0.210. The van der Waals surface area contributed by atoms with Crippen molar-refractivity contribution in [3.63, 3.8) is 0 Å². The Kier molecular flexibility index (Phi) is 13.3. The van der Waals surface area contributed by atoms with E-state index in [1.54, 1.807) is 0 Å². The normalized spacial score (nSPS) is 22.4. The summed E-state index contributed by atoms with van der Waals surface area (Å²) in [6.45, 7) is 5.12. The van der Waals surface area contributed by atoms with Gasteiger partial charge in [-0.15, -0.1) is 0 Å². The average molecular weight is 437 g/mol. The van der Waals surface area contributed by atoms with Crippen LogP contribution in [0.15, 0.2) is 0 Å². The predicted octanol–water partition coefficient (Wildman–Crippen LogP) is 7.38. The summed E-state index contributed by atoms with van der Waals surface area (Å²) >= 11 is 0. The molecule has 2 aliphatic rings. The van der Waals surface area contributed by atoms with Crippen LogP contribution in [-0.4, -0.2) is 24.6 Å². The SMILES string of the molecule is CC(C)CCCCCCCCCCOC(=O)C1CCCC(C(=O)OC2CCCCC2)C1. The smallest absolute Gasteiger partial charge is 0.309 e. The first kappa shape index (κ1) is 26.2. The summed E-state index contributed by atoms with van der Waals surface area (Å²) in [7, 11) is 0. The van der Waals surface area contributed by atoms with Crippen molar-refractivity contribution < 1.29 is 19.1 Å². The Bertz CT molecular complexity index is 495. The Balaban J connectivity index is 1.49. The Hall–Kier alpha value is -1.06. The highest BCUT2D eigenvalue weighted by Crippen LogP contribution is 2.32. The van der Waals surface area contributed by atoms with E-state index in [-0.39, 0.29) is 29.9 Å². The fourth-order valence-corrected chi connectivity index (χ4v) is 5.07. The molecule has 2 saturated carbocycles. The molecule has 2 aliphatic carbocycles. The number of hydrogen-bond acceptors (Lipinski definition) is 4. The fraction of sp³-hybridized carbons (Fsp3) is 0.926. The van der Waals surface area contributed by atoms with E-state index in [4.69, 9.17) is 9.47 Å². The summed E-state index contributed by atoms with van der Waals surface area (Å²) in [6, 6.07) is 0. The lowest BCUT2D eigenvalue weighted by Crippen LogP contribution is -2.32. The number of ether oxygens (including phenoxy) is 2. The molecule has 0 spiro atoms. The first-order chi connectivity index (χ1) is 15.1. The summed E-state index contributed by atoms with van der Waals surface area (Å²) in [4.78, 5) is 25.0. The van der Waals surface area contributed by atoms with Crippen LogP contribution >= 0.6 is 0 Å². The van der Waals surface area contributed by atoms with E-state index in [0.29, 0.717) is 13.0 Å². The zero-order valence-corrected chi connectivity index (χ0v) is 20.4. The van der Waals surface area contributed by atoms with E-state index in [1.165, 1.54) is 51.4 Å². The summed E-state index contributed by atoms with van der Waals surface area (Å²) in [5.41, 5.74) is 0. The molecular formula is C27H48O4. The van der Waals surface area contributed by atoms with Crippen LogP contribution in [0.5, 0.6) is 0 Å². The molecule has 0 aromatic rings.